The summed E-state index contributed by atoms with van der Waals surface area (Å²) in [5.41, 5.74) is 4.27. The number of fused-ring (bicyclic) bond motifs is 1. The Labute approximate surface area is 193 Å². The van der Waals surface area contributed by atoms with Crippen molar-refractivity contribution in [2.24, 2.45) is 0 Å². The van der Waals surface area contributed by atoms with Crippen molar-refractivity contribution in [3.63, 3.8) is 0 Å². The number of piperazine rings is 1. The summed E-state index contributed by atoms with van der Waals surface area (Å²) in [6, 6.07) is 7.51. The van der Waals surface area contributed by atoms with Crippen molar-refractivity contribution in [2.45, 2.75) is 33.4 Å². The molecule has 0 aliphatic carbocycles. The van der Waals surface area contributed by atoms with Gasteiger partial charge in [-0.25, -0.2) is 9.36 Å². The molecule has 5 rings (SSSR count). The average molecular weight is 450 g/mol. The summed E-state index contributed by atoms with van der Waals surface area (Å²) >= 11 is 0. The summed E-state index contributed by atoms with van der Waals surface area (Å²) in [5.74, 6) is 1.64. The van der Waals surface area contributed by atoms with Crippen LogP contribution >= 0.6 is 0 Å². The molecule has 0 saturated carbocycles. The second-order valence-electron chi connectivity index (χ2n) is 9.08. The molecule has 0 spiro atoms. The molecule has 0 aromatic carbocycles. The predicted octanol–water partition coefficient (Wildman–Crippen LogP) is 0.646. The zero-order valence-corrected chi connectivity index (χ0v) is 19.6. The maximum Gasteiger partial charge on any atom is 0.266 e. The van der Waals surface area contributed by atoms with Gasteiger partial charge in [0.25, 0.3) is 5.56 Å². The Morgan fingerprint density at radius 3 is 2.48 bits per heavy atom. The smallest absolute Gasteiger partial charge is 0.266 e. The van der Waals surface area contributed by atoms with Crippen molar-refractivity contribution in [1.29, 1.82) is 0 Å². The second-order valence-corrected chi connectivity index (χ2v) is 9.08. The van der Waals surface area contributed by atoms with Gasteiger partial charge >= 0.3 is 0 Å². The van der Waals surface area contributed by atoms with Crippen LogP contribution in [0.3, 0.4) is 0 Å². The van der Waals surface area contributed by atoms with Crippen LogP contribution in [-0.4, -0.2) is 85.9 Å². The van der Waals surface area contributed by atoms with Crippen LogP contribution in [0.1, 0.15) is 22.6 Å². The molecule has 2 aliphatic rings. The fraction of sp³-hybridized carbons (Fsp3) is 0.522. The molecule has 5 heterocycles. The van der Waals surface area contributed by atoms with Crippen LogP contribution in [0.15, 0.2) is 29.1 Å². The van der Waals surface area contributed by atoms with Gasteiger partial charge in [0, 0.05) is 64.0 Å². The zero-order chi connectivity index (χ0) is 22.9. The minimum Gasteiger partial charge on any atom is -0.353 e. The normalized spacial score (nSPS) is 17.4. The number of hydrogen-bond acceptors (Lipinski definition) is 8. The van der Waals surface area contributed by atoms with Gasteiger partial charge in [0.1, 0.15) is 0 Å². The molecular weight excluding hydrogens is 418 g/mol. The lowest BCUT2D eigenvalue weighted by Crippen LogP contribution is -2.48. The van der Waals surface area contributed by atoms with Crippen molar-refractivity contribution in [1.82, 2.24) is 39.6 Å². The van der Waals surface area contributed by atoms with Gasteiger partial charge in [0.15, 0.2) is 11.6 Å². The molecule has 0 bridgehead atoms. The lowest BCUT2D eigenvalue weighted by molar-refractivity contribution is 0.242. The number of aryl methyl sites for hydroxylation is 2. The number of anilines is 1. The van der Waals surface area contributed by atoms with Gasteiger partial charge in [-0.3, -0.25) is 9.69 Å². The van der Waals surface area contributed by atoms with E-state index in [1.54, 1.807) is 21.5 Å². The quantitative estimate of drug-likeness (QED) is 0.561. The van der Waals surface area contributed by atoms with Gasteiger partial charge in [-0.05, 0) is 44.7 Å². The van der Waals surface area contributed by atoms with Gasteiger partial charge in [-0.15, -0.1) is 10.2 Å². The molecule has 174 valence electrons. The molecule has 3 aromatic rings. The topological polar surface area (TPSA) is 88.2 Å². The Morgan fingerprint density at radius 1 is 0.909 bits per heavy atom. The molecule has 0 atom stereocenters. The molecular formula is C23H31N9O. The SMILES string of the molecule is Cc1cc(C)n(-c2ccc(=O)n(CCN3CCN(c4cc5c(nn4)CCN(C)C5)CC3)n2)n1. The van der Waals surface area contributed by atoms with Gasteiger partial charge in [0.2, 0.25) is 0 Å². The standard InChI is InChI=1S/C23H31N9O/c1-17-14-18(2)32(26-17)21-4-5-23(33)31(27-21)13-10-29-8-11-30(12-9-29)22-15-19-16-28(3)7-6-20(19)24-25-22/h4-5,14-15H,6-13,16H2,1-3H3. The maximum atomic E-state index is 12.4. The Kier molecular flexibility index (Phi) is 5.94. The lowest BCUT2D eigenvalue weighted by atomic mass is 10.1. The first-order valence-corrected chi connectivity index (χ1v) is 11.6. The summed E-state index contributed by atoms with van der Waals surface area (Å²) in [7, 11) is 2.15. The van der Waals surface area contributed by atoms with E-state index in [1.807, 2.05) is 19.9 Å². The molecule has 10 heteroatoms. The van der Waals surface area contributed by atoms with Gasteiger partial charge < -0.3 is 9.80 Å². The summed E-state index contributed by atoms with van der Waals surface area (Å²) < 4.78 is 3.32. The monoisotopic (exact) mass is 449 g/mol. The van der Waals surface area contributed by atoms with E-state index in [0.29, 0.717) is 12.4 Å². The minimum absolute atomic E-state index is 0.0896. The van der Waals surface area contributed by atoms with Crippen LogP contribution < -0.4 is 10.5 Å². The molecule has 10 nitrogen and oxygen atoms in total. The van der Waals surface area contributed by atoms with E-state index in [2.05, 4.69) is 48.2 Å². The molecule has 0 unspecified atom stereocenters. The van der Waals surface area contributed by atoms with Crippen LogP contribution in [0.5, 0.6) is 0 Å². The van der Waals surface area contributed by atoms with Crippen LogP contribution in [0.2, 0.25) is 0 Å². The van der Waals surface area contributed by atoms with Crippen LogP contribution in [-0.2, 0) is 19.5 Å². The number of rotatable bonds is 5. The van der Waals surface area contributed by atoms with E-state index in [1.165, 1.54) is 5.56 Å². The van der Waals surface area contributed by atoms with E-state index in [0.717, 1.165) is 75.1 Å². The lowest BCUT2D eigenvalue weighted by Gasteiger charge is -2.35. The predicted molar refractivity (Wildman–Crippen MR) is 126 cm³/mol. The minimum atomic E-state index is -0.0896. The molecule has 2 aliphatic heterocycles. The molecule has 0 radical (unpaired) electrons. The van der Waals surface area contributed by atoms with Crippen LogP contribution in [0.4, 0.5) is 5.82 Å². The van der Waals surface area contributed by atoms with E-state index < -0.39 is 0 Å². The largest absolute Gasteiger partial charge is 0.353 e. The summed E-state index contributed by atoms with van der Waals surface area (Å²) in [5, 5.41) is 18.0. The number of nitrogens with zero attached hydrogens (tertiary/aromatic N) is 9. The molecule has 0 N–H and O–H groups in total. The van der Waals surface area contributed by atoms with Gasteiger partial charge in [-0.2, -0.15) is 10.2 Å². The summed E-state index contributed by atoms with van der Waals surface area (Å²) in [4.78, 5) is 19.4. The van der Waals surface area contributed by atoms with E-state index in [9.17, 15) is 4.79 Å². The zero-order valence-electron chi connectivity index (χ0n) is 19.6. The maximum absolute atomic E-state index is 12.4. The van der Waals surface area contributed by atoms with Crippen molar-refractivity contribution in [3.8, 4) is 5.82 Å². The van der Waals surface area contributed by atoms with Gasteiger partial charge in [0.05, 0.1) is 17.9 Å². The fourth-order valence-corrected chi connectivity index (χ4v) is 4.62. The first-order valence-electron chi connectivity index (χ1n) is 11.6. The molecule has 3 aromatic heterocycles. The van der Waals surface area contributed by atoms with E-state index in [-0.39, 0.29) is 5.56 Å². The Morgan fingerprint density at radius 2 is 1.73 bits per heavy atom. The number of hydrogen-bond donors (Lipinski definition) is 0. The van der Waals surface area contributed by atoms with Crippen LogP contribution in [0, 0.1) is 13.8 Å². The van der Waals surface area contributed by atoms with E-state index in [4.69, 9.17) is 0 Å². The molecule has 33 heavy (non-hydrogen) atoms. The average Bonchev–Trinajstić information content (AvgIpc) is 3.16. The number of aromatic nitrogens is 6. The van der Waals surface area contributed by atoms with Crippen molar-refractivity contribution in [3.05, 3.63) is 57.3 Å². The first kappa shape index (κ1) is 21.7. The van der Waals surface area contributed by atoms with Crippen LogP contribution in [0.25, 0.3) is 5.82 Å². The highest BCUT2D eigenvalue weighted by atomic mass is 16.1. The highest BCUT2D eigenvalue weighted by Gasteiger charge is 2.21. The van der Waals surface area contributed by atoms with Gasteiger partial charge in [-0.1, -0.05) is 0 Å². The molecule has 0 amide bonds. The Balaban J connectivity index is 1.19. The molecule has 1 fully saturated rings. The summed E-state index contributed by atoms with van der Waals surface area (Å²) in [6.07, 6.45) is 0.973. The highest BCUT2D eigenvalue weighted by molar-refractivity contribution is 5.42. The fourth-order valence-electron chi connectivity index (χ4n) is 4.62. The summed E-state index contributed by atoms with van der Waals surface area (Å²) in [6.45, 7) is 10.9. The second kappa shape index (κ2) is 9.03. The van der Waals surface area contributed by atoms with E-state index >= 15 is 0 Å². The van der Waals surface area contributed by atoms with Crippen molar-refractivity contribution < 1.29 is 0 Å². The number of likely N-dealkylation sites (N-methyl/N-ethyl adjacent to an activating group) is 1. The third-order valence-electron chi connectivity index (χ3n) is 6.52. The van der Waals surface area contributed by atoms with Crippen molar-refractivity contribution in [2.75, 3.05) is 51.2 Å². The highest BCUT2D eigenvalue weighted by Crippen LogP contribution is 2.21. The Bertz CT molecular complexity index is 1190. The molecule has 1 saturated heterocycles. The first-order chi connectivity index (χ1) is 16.0. The Hall–Kier alpha value is -3.11. The third kappa shape index (κ3) is 4.67. The van der Waals surface area contributed by atoms with Crippen molar-refractivity contribution >= 4 is 5.82 Å². The third-order valence-corrected chi connectivity index (χ3v) is 6.52.